The minimum Gasteiger partial charge on any atom is -0.656 e. The molecule has 13 aromatic rings. The summed E-state index contributed by atoms with van der Waals surface area (Å²) in [7, 11) is 0. The number of aromatic carboxylic acids is 1. The minimum atomic E-state index is -1.06. The molecule has 0 saturated carbocycles. The Labute approximate surface area is 405 Å². The van der Waals surface area contributed by atoms with E-state index in [-0.39, 0.29) is 26.8 Å². The monoisotopic (exact) mass is 1110 g/mol. The number of halogens is 1. The van der Waals surface area contributed by atoms with Gasteiger partial charge in [0.1, 0.15) is 22.9 Å². The molecule has 0 radical (unpaired) electrons. The molecule has 0 aliphatic heterocycles. The van der Waals surface area contributed by atoms with Gasteiger partial charge >= 0.3 is 5.97 Å². The standard InChI is InChI=1S/C31H20N4O2.C25H16BrN3.Pt/c36-31(37)26-17-8-16-25(32-26)22-13-7-18-27-29(22)34-30(35(27)19-9-2-1-3-10-19)23-14-6-12-21-20-11-4-5-15-24(20)33-28(21)23;26-20-13-7-15-22-24(20)28-25(29(22)16-8-2-1-3-9-16)19-12-6-11-18-17-10-4-5-14-21(17)27-23(18)19;/h1-18H,(H2,32,33,34,36,37);1-15,27H;/p-1. The summed E-state index contributed by atoms with van der Waals surface area (Å²) >= 11 is 3.68. The zero-order valence-electron chi connectivity index (χ0n) is 35.3. The first-order valence-electron chi connectivity index (χ1n) is 21.4. The number of para-hydroxylation sites is 8. The Morgan fingerprint density at radius 1 is 0.507 bits per heavy atom. The molecular weight excluding hydrogens is 1080 g/mol. The van der Waals surface area contributed by atoms with Crippen LogP contribution in [0.25, 0.3) is 111 Å². The molecule has 67 heavy (non-hydrogen) atoms. The van der Waals surface area contributed by atoms with Crippen LogP contribution in [0.5, 0.6) is 0 Å². The van der Waals surface area contributed by atoms with Gasteiger partial charge in [-0.05, 0) is 93.4 Å². The first-order valence-corrected chi connectivity index (χ1v) is 22.2. The number of aromatic amines is 1. The number of hydrogen-bond acceptors (Lipinski definition) is 4. The maximum atomic E-state index is 11.6. The quantitative estimate of drug-likeness (QED) is 0.171. The fraction of sp³-hybridized carbons (Fsp3) is 0. The van der Waals surface area contributed by atoms with E-state index >= 15 is 0 Å². The number of carboxylic acid groups (broad SMARTS) is 1. The van der Waals surface area contributed by atoms with E-state index in [0.29, 0.717) is 5.69 Å². The number of carboxylic acids is 1. The van der Waals surface area contributed by atoms with E-state index in [2.05, 4.69) is 144 Å². The van der Waals surface area contributed by atoms with E-state index < -0.39 is 5.97 Å². The molecule has 0 amide bonds. The molecule has 0 bridgehead atoms. The second-order valence-corrected chi connectivity index (χ2v) is 16.8. The number of nitrogens with zero attached hydrogens (tertiary/aromatic N) is 6. The molecule has 13 rings (SSSR count). The van der Waals surface area contributed by atoms with Crippen LogP contribution in [0.2, 0.25) is 0 Å². The van der Waals surface area contributed by atoms with Gasteiger partial charge < -0.3 is 15.1 Å². The summed E-state index contributed by atoms with van der Waals surface area (Å²) in [6.45, 7) is 0. The molecule has 5 aromatic heterocycles. The predicted molar refractivity (Wildman–Crippen MR) is 269 cm³/mol. The SMILES string of the molecule is Brc1cccc2c1nc(-c1cccc3c1[nH]c1ccccc13)n2-c1ccccc1.O=C(O)c1cccc(-c2cccc3c2nc(-c2cccc4c2[n-]c2ccccc24)n3-c2ccccc2)n1.[Pt]. The third kappa shape index (κ3) is 7.13. The molecule has 0 aliphatic carbocycles. The molecule has 0 saturated heterocycles. The Bertz CT molecular complexity index is 4010. The maximum absolute atomic E-state index is 11.6. The summed E-state index contributed by atoms with van der Waals surface area (Å²) in [5, 5.41) is 14.1. The molecule has 11 heteroatoms. The van der Waals surface area contributed by atoms with Gasteiger partial charge in [0, 0.05) is 69.9 Å². The summed E-state index contributed by atoms with van der Waals surface area (Å²) in [5.74, 6) is 0.622. The zero-order chi connectivity index (χ0) is 44.3. The van der Waals surface area contributed by atoms with Gasteiger partial charge in [-0.15, -0.1) is 11.0 Å². The fourth-order valence-electron chi connectivity index (χ4n) is 9.15. The van der Waals surface area contributed by atoms with E-state index in [1.165, 1.54) is 16.8 Å². The first-order chi connectivity index (χ1) is 32.5. The number of carbonyl (C=O) groups is 1. The van der Waals surface area contributed by atoms with E-state index in [9.17, 15) is 9.90 Å². The van der Waals surface area contributed by atoms with Gasteiger partial charge in [-0.2, -0.15) is 0 Å². The molecule has 0 atom stereocenters. The predicted octanol–water partition coefficient (Wildman–Crippen LogP) is 13.8. The Balaban J connectivity index is 0.000000149. The van der Waals surface area contributed by atoms with Gasteiger partial charge in [0.05, 0.1) is 27.8 Å². The van der Waals surface area contributed by atoms with Crippen LogP contribution in [0.1, 0.15) is 10.5 Å². The summed E-state index contributed by atoms with van der Waals surface area (Å²) in [4.78, 5) is 34.8. The van der Waals surface area contributed by atoms with Crippen molar-refractivity contribution < 1.29 is 31.0 Å². The van der Waals surface area contributed by atoms with E-state index in [1.54, 1.807) is 6.07 Å². The van der Waals surface area contributed by atoms with Crippen molar-refractivity contribution in [2.75, 3.05) is 0 Å². The van der Waals surface area contributed by atoms with E-state index in [4.69, 9.17) is 15.0 Å². The van der Waals surface area contributed by atoms with E-state index in [0.717, 1.165) is 99.1 Å². The van der Waals surface area contributed by atoms with Gasteiger partial charge in [0.15, 0.2) is 0 Å². The largest absolute Gasteiger partial charge is 0.656 e. The molecular formula is C56H35BrN7O2Pt-. The van der Waals surface area contributed by atoms with Gasteiger partial charge in [-0.1, -0.05) is 133 Å². The third-order valence-corrected chi connectivity index (χ3v) is 12.7. The van der Waals surface area contributed by atoms with Crippen molar-refractivity contribution in [3.63, 3.8) is 0 Å². The van der Waals surface area contributed by atoms with Crippen LogP contribution in [0.4, 0.5) is 0 Å². The fourth-order valence-corrected chi connectivity index (χ4v) is 9.60. The number of nitrogens with one attached hydrogen (secondary N) is 1. The third-order valence-electron chi connectivity index (χ3n) is 12.1. The Morgan fingerprint density at radius 2 is 1.06 bits per heavy atom. The molecule has 0 fully saturated rings. The van der Waals surface area contributed by atoms with Crippen molar-refractivity contribution in [1.29, 1.82) is 0 Å². The van der Waals surface area contributed by atoms with Crippen molar-refractivity contribution >= 4 is 87.6 Å². The average Bonchev–Trinajstić information content (AvgIpc) is 4.15. The number of hydrogen-bond donors (Lipinski definition) is 2. The van der Waals surface area contributed by atoms with Gasteiger partial charge in [0.25, 0.3) is 0 Å². The Hall–Kier alpha value is -7.91. The molecule has 324 valence electrons. The molecule has 0 aliphatic rings. The van der Waals surface area contributed by atoms with Crippen LogP contribution < -0.4 is 4.98 Å². The summed E-state index contributed by atoms with van der Waals surface area (Å²) in [6.07, 6.45) is 0. The number of pyridine rings is 1. The second-order valence-electron chi connectivity index (χ2n) is 15.9. The van der Waals surface area contributed by atoms with Crippen molar-refractivity contribution in [3.8, 4) is 45.4 Å². The summed E-state index contributed by atoms with van der Waals surface area (Å²) in [5.41, 5.74) is 13.2. The number of H-pyrrole nitrogens is 1. The summed E-state index contributed by atoms with van der Waals surface area (Å²) in [6, 6.07) is 66.8. The Kier molecular flexibility index (Phi) is 10.7. The molecule has 0 unspecified atom stereocenters. The van der Waals surface area contributed by atoms with Gasteiger partial charge in [-0.25, -0.2) is 19.7 Å². The topological polar surface area (TPSA) is 116 Å². The number of fused-ring (bicyclic) bond motifs is 8. The van der Waals surface area contributed by atoms with Crippen LogP contribution in [0, 0.1) is 0 Å². The minimum absolute atomic E-state index is 0. The smallest absolute Gasteiger partial charge is 0.354 e. The van der Waals surface area contributed by atoms with E-state index in [1.807, 2.05) is 78.9 Å². The number of aromatic nitrogens is 7. The second kappa shape index (κ2) is 17.1. The maximum Gasteiger partial charge on any atom is 0.354 e. The average molecular weight is 1110 g/mol. The normalized spacial score (nSPS) is 11.4. The van der Waals surface area contributed by atoms with Crippen LogP contribution in [0.3, 0.4) is 0 Å². The molecule has 5 heterocycles. The molecule has 8 aromatic carbocycles. The zero-order valence-corrected chi connectivity index (χ0v) is 39.1. The van der Waals surface area contributed by atoms with Gasteiger partial charge in [0.2, 0.25) is 0 Å². The van der Waals surface area contributed by atoms with Crippen LogP contribution >= 0.6 is 15.9 Å². The molecule has 9 nitrogen and oxygen atoms in total. The first kappa shape index (κ1) is 41.8. The molecule has 2 N–H and O–H groups in total. The summed E-state index contributed by atoms with van der Waals surface area (Å²) < 4.78 is 5.36. The van der Waals surface area contributed by atoms with Crippen LogP contribution in [-0.4, -0.2) is 40.1 Å². The van der Waals surface area contributed by atoms with Crippen LogP contribution in [-0.2, 0) is 21.1 Å². The van der Waals surface area contributed by atoms with Crippen LogP contribution in [0.15, 0.2) is 205 Å². The number of benzene rings is 8. The Morgan fingerprint density at radius 3 is 1.81 bits per heavy atom. The van der Waals surface area contributed by atoms with Crippen molar-refractivity contribution in [3.05, 3.63) is 210 Å². The van der Waals surface area contributed by atoms with Gasteiger partial charge in [-0.3, -0.25) is 9.13 Å². The number of rotatable bonds is 6. The molecule has 0 spiro atoms. The van der Waals surface area contributed by atoms with Crippen molar-refractivity contribution in [2.45, 2.75) is 0 Å². The number of imidazole rings is 2. The van der Waals surface area contributed by atoms with Crippen molar-refractivity contribution in [2.24, 2.45) is 0 Å². The van der Waals surface area contributed by atoms with Crippen molar-refractivity contribution in [1.82, 2.24) is 34.1 Å².